The van der Waals surface area contributed by atoms with Gasteiger partial charge in [-0.05, 0) is 29.3 Å². The first-order valence-electron chi connectivity index (χ1n) is 9.80. The van der Waals surface area contributed by atoms with Crippen LogP contribution in [0.15, 0.2) is 72.8 Å². The van der Waals surface area contributed by atoms with Gasteiger partial charge in [0.2, 0.25) is 5.90 Å². The Kier molecular flexibility index (Phi) is 5.40. The van der Waals surface area contributed by atoms with Crippen molar-refractivity contribution in [1.82, 2.24) is 0 Å². The second-order valence-corrected chi connectivity index (χ2v) is 7.51. The van der Waals surface area contributed by atoms with Crippen molar-refractivity contribution in [3.63, 3.8) is 0 Å². The average molecular weight is 397 g/mol. The van der Waals surface area contributed by atoms with E-state index in [4.69, 9.17) is 14.9 Å². The summed E-state index contributed by atoms with van der Waals surface area (Å²) in [5.74, 6) is 0.354. The molecule has 5 nitrogen and oxygen atoms in total. The zero-order chi connectivity index (χ0) is 21.1. The van der Waals surface area contributed by atoms with E-state index in [1.807, 2.05) is 91.8 Å². The molecule has 5 heteroatoms. The van der Waals surface area contributed by atoms with Crippen molar-refractivity contribution in [2.24, 2.45) is 5.92 Å². The topological polar surface area (TPSA) is 69.3 Å². The normalized spacial score (nSPS) is 17.4. The summed E-state index contributed by atoms with van der Waals surface area (Å²) >= 11 is 0. The molecule has 3 aromatic carbocycles. The maximum Gasteiger partial charge on any atom is 0.205 e. The van der Waals surface area contributed by atoms with E-state index < -0.39 is 5.92 Å². The molecule has 0 fully saturated rings. The van der Waals surface area contributed by atoms with E-state index in [1.54, 1.807) is 0 Å². The van der Waals surface area contributed by atoms with Gasteiger partial charge >= 0.3 is 0 Å². The third-order valence-corrected chi connectivity index (χ3v) is 5.29. The highest BCUT2D eigenvalue weighted by Gasteiger charge is 2.37. The van der Waals surface area contributed by atoms with E-state index in [1.165, 1.54) is 0 Å². The van der Waals surface area contributed by atoms with Crippen molar-refractivity contribution in [3.8, 4) is 17.6 Å². The van der Waals surface area contributed by atoms with Crippen molar-refractivity contribution in [2.75, 3.05) is 19.0 Å². The van der Waals surface area contributed by atoms with Crippen molar-refractivity contribution >= 4 is 11.6 Å². The average Bonchev–Trinajstić information content (AvgIpc) is 2.77. The van der Waals surface area contributed by atoms with E-state index in [0.717, 1.165) is 28.1 Å². The second-order valence-electron chi connectivity index (χ2n) is 7.51. The van der Waals surface area contributed by atoms with Crippen LogP contribution in [0, 0.1) is 22.7 Å². The van der Waals surface area contributed by atoms with Crippen molar-refractivity contribution in [2.45, 2.75) is 12.5 Å². The lowest BCUT2D eigenvalue weighted by atomic mass is 9.79. The molecule has 0 saturated heterocycles. The van der Waals surface area contributed by atoms with E-state index in [0.29, 0.717) is 12.4 Å². The van der Waals surface area contributed by atoms with Gasteiger partial charge in [-0.3, -0.25) is 5.41 Å². The standard InChI is InChI=1S/C25H23N3O2/c1-28(2)19-11-12-21-23(14-19)30-25(27)22(15-26)24(21)18-9-6-10-20(13-18)29-16-17-7-4-3-5-8-17/h3-14,22,24,27H,16H2,1-2H3. The zero-order valence-corrected chi connectivity index (χ0v) is 17.0. The SMILES string of the molecule is CN(C)c1ccc2c(c1)OC(=N)C(C#N)C2c1cccc(OCc2ccccc2)c1. The van der Waals surface area contributed by atoms with Crippen LogP contribution in [0.5, 0.6) is 11.5 Å². The van der Waals surface area contributed by atoms with Gasteiger partial charge in [0.25, 0.3) is 0 Å². The van der Waals surface area contributed by atoms with Crippen molar-refractivity contribution in [1.29, 1.82) is 10.7 Å². The van der Waals surface area contributed by atoms with Gasteiger partial charge in [0.1, 0.15) is 24.0 Å². The Morgan fingerprint density at radius 2 is 1.83 bits per heavy atom. The molecule has 1 aliphatic heterocycles. The molecule has 0 radical (unpaired) electrons. The summed E-state index contributed by atoms with van der Waals surface area (Å²) < 4.78 is 11.7. The van der Waals surface area contributed by atoms with Crippen molar-refractivity contribution in [3.05, 3.63) is 89.5 Å². The van der Waals surface area contributed by atoms with Gasteiger partial charge in [0, 0.05) is 37.3 Å². The van der Waals surface area contributed by atoms with Gasteiger partial charge in [0.15, 0.2) is 0 Å². The molecule has 0 saturated carbocycles. The number of anilines is 1. The second kappa shape index (κ2) is 8.30. The third-order valence-electron chi connectivity index (χ3n) is 5.29. The maximum absolute atomic E-state index is 9.77. The number of fused-ring (bicyclic) bond motifs is 1. The molecule has 0 amide bonds. The molecule has 1 aliphatic rings. The van der Waals surface area contributed by atoms with Crippen LogP contribution < -0.4 is 14.4 Å². The molecule has 30 heavy (non-hydrogen) atoms. The first-order chi connectivity index (χ1) is 14.6. The molecular weight excluding hydrogens is 374 g/mol. The number of hydrogen-bond donors (Lipinski definition) is 1. The Hall–Kier alpha value is -3.78. The summed E-state index contributed by atoms with van der Waals surface area (Å²) in [5, 5.41) is 18.1. The lowest BCUT2D eigenvalue weighted by Crippen LogP contribution is -2.31. The minimum Gasteiger partial charge on any atom is -0.489 e. The molecule has 1 N–H and O–H groups in total. The zero-order valence-electron chi connectivity index (χ0n) is 17.0. The first-order valence-corrected chi connectivity index (χ1v) is 9.80. The molecule has 3 aromatic rings. The molecule has 0 aromatic heterocycles. The number of hydrogen-bond acceptors (Lipinski definition) is 5. The Bertz CT molecular complexity index is 1100. The number of nitriles is 1. The largest absolute Gasteiger partial charge is 0.489 e. The number of benzene rings is 3. The lowest BCUT2D eigenvalue weighted by molar-refractivity contribution is 0.305. The van der Waals surface area contributed by atoms with E-state index >= 15 is 0 Å². The van der Waals surface area contributed by atoms with Crippen LogP contribution in [0.3, 0.4) is 0 Å². The summed E-state index contributed by atoms with van der Waals surface area (Å²) in [6, 6.07) is 25.9. The van der Waals surface area contributed by atoms with Crippen LogP contribution in [0.25, 0.3) is 0 Å². The summed E-state index contributed by atoms with van der Waals surface area (Å²) in [4.78, 5) is 1.98. The fourth-order valence-corrected chi connectivity index (χ4v) is 3.70. The Balaban J connectivity index is 1.68. The predicted octanol–water partition coefficient (Wildman–Crippen LogP) is 4.97. The molecule has 150 valence electrons. The van der Waals surface area contributed by atoms with Gasteiger partial charge in [0.05, 0.1) is 6.07 Å². The summed E-state index contributed by atoms with van der Waals surface area (Å²) in [5.41, 5.74) is 3.91. The van der Waals surface area contributed by atoms with Crippen LogP contribution >= 0.6 is 0 Å². The highest BCUT2D eigenvalue weighted by atomic mass is 16.5. The molecule has 1 heterocycles. The van der Waals surface area contributed by atoms with Crippen molar-refractivity contribution < 1.29 is 9.47 Å². The quantitative estimate of drug-likeness (QED) is 0.660. The minimum absolute atomic E-state index is 0.0264. The van der Waals surface area contributed by atoms with Gasteiger partial charge < -0.3 is 14.4 Å². The van der Waals surface area contributed by atoms with Crippen LogP contribution in [0.2, 0.25) is 0 Å². The maximum atomic E-state index is 9.77. The fourth-order valence-electron chi connectivity index (χ4n) is 3.70. The number of rotatable bonds is 5. The molecule has 4 rings (SSSR count). The monoisotopic (exact) mass is 397 g/mol. The van der Waals surface area contributed by atoms with Gasteiger partial charge in [-0.2, -0.15) is 5.26 Å². The smallest absolute Gasteiger partial charge is 0.205 e. The van der Waals surface area contributed by atoms with Gasteiger partial charge in [-0.1, -0.05) is 48.5 Å². The summed E-state index contributed by atoms with van der Waals surface area (Å²) in [6.07, 6.45) is 0. The molecule has 0 spiro atoms. The van der Waals surface area contributed by atoms with Gasteiger partial charge in [-0.15, -0.1) is 0 Å². The fraction of sp³-hybridized carbons (Fsp3) is 0.200. The molecule has 2 unspecified atom stereocenters. The molecule has 2 atom stereocenters. The van der Waals surface area contributed by atoms with Crippen LogP contribution in [-0.2, 0) is 6.61 Å². The molecular formula is C25H23N3O2. The van der Waals surface area contributed by atoms with Crippen LogP contribution in [0.4, 0.5) is 5.69 Å². The summed E-state index contributed by atoms with van der Waals surface area (Å²) in [6.45, 7) is 0.471. The highest BCUT2D eigenvalue weighted by molar-refractivity contribution is 5.85. The Morgan fingerprint density at radius 3 is 2.57 bits per heavy atom. The Labute approximate surface area is 176 Å². The highest BCUT2D eigenvalue weighted by Crippen LogP contribution is 2.44. The van der Waals surface area contributed by atoms with E-state index in [-0.39, 0.29) is 11.8 Å². The van der Waals surface area contributed by atoms with Crippen LogP contribution in [0.1, 0.15) is 22.6 Å². The summed E-state index contributed by atoms with van der Waals surface area (Å²) in [7, 11) is 3.91. The molecule has 0 aliphatic carbocycles. The van der Waals surface area contributed by atoms with E-state index in [2.05, 4.69) is 6.07 Å². The van der Waals surface area contributed by atoms with Gasteiger partial charge in [-0.25, -0.2) is 0 Å². The van der Waals surface area contributed by atoms with Crippen LogP contribution in [-0.4, -0.2) is 20.0 Å². The van der Waals surface area contributed by atoms with E-state index in [9.17, 15) is 5.26 Å². The minimum atomic E-state index is -0.688. The number of ether oxygens (including phenoxy) is 2. The molecule has 0 bridgehead atoms. The third kappa shape index (κ3) is 3.85. The predicted molar refractivity (Wildman–Crippen MR) is 117 cm³/mol. The number of nitrogens with one attached hydrogen (secondary N) is 1. The number of nitrogens with zero attached hydrogens (tertiary/aromatic N) is 2. The lowest BCUT2D eigenvalue weighted by Gasteiger charge is -2.31. The Morgan fingerprint density at radius 1 is 1.03 bits per heavy atom. The first kappa shape index (κ1) is 19.5.